The number of esters is 1. The SMILES string of the molecule is C=C(C)C(=O)O[C@H]1CCCN(Cc2ccccc2)C1. The number of rotatable bonds is 4. The first-order valence-corrected chi connectivity index (χ1v) is 6.78. The smallest absolute Gasteiger partial charge is 0.333 e. The maximum absolute atomic E-state index is 11.5. The lowest BCUT2D eigenvalue weighted by Crippen LogP contribution is -2.40. The summed E-state index contributed by atoms with van der Waals surface area (Å²) in [6.45, 7) is 8.10. The summed E-state index contributed by atoms with van der Waals surface area (Å²) in [6.07, 6.45) is 2.02. The maximum atomic E-state index is 11.5. The molecule has 1 aromatic rings. The van der Waals surface area contributed by atoms with Crippen LogP contribution >= 0.6 is 0 Å². The molecule has 0 saturated carbocycles. The van der Waals surface area contributed by atoms with E-state index in [0.717, 1.165) is 32.5 Å². The van der Waals surface area contributed by atoms with Gasteiger partial charge in [-0.15, -0.1) is 0 Å². The third kappa shape index (κ3) is 4.21. The topological polar surface area (TPSA) is 29.5 Å². The number of ether oxygens (including phenoxy) is 1. The minimum Gasteiger partial charge on any atom is -0.458 e. The second-order valence-corrected chi connectivity index (χ2v) is 5.17. The van der Waals surface area contributed by atoms with Crippen LogP contribution in [0.1, 0.15) is 25.3 Å². The molecule has 0 aromatic heterocycles. The summed E-state index contributed by atoms with van der Waals surface area (Å²) in [7, 11) is 0. The Morgan fingerprint density at radius 1 is 1.42 bits per heavy atom. The Balaban J connectivity index is 1.87. The summed E-state index contributed by atoms with van der Waals surface area (Å²) in [5.74, 6) is -0.272. The van der Waals surface area contributed by atoms with Crippen molar-refractivity contribution in [2.24, 2.45) is 0 Å². The van der Waals surface area contributed by atoms with Crippen molar-refractivity contribution < 1.29 is 9.53 Å². The standard InChI is InChI=1S/C16H21NO2/c1-13(2)16(18)19-15-9-6-10-17(12-15)11-14-7-4-3-5-8-14/h3-5,7-8,15H,1,6,9-12H2,2H3/t15-/m0/s1. The lowest BCUT2D eigenvalue weighted by molar-refractivity contribution is -0.146. The number of carbonyl (C=O) groups excluding carboxylic acids is 1. The summed E-state index contributed by atoms with van der Waals surface area (Å²) in [5.41, 5.74) is 1.77. The zero-order chi connectivity index (χ0) is 13.7. The zero-order valence-corrected chi connectivity index (χ0v) is 11.5. The van der Waals surface area contributed by atoms with Crippen LogP contribution in [0.25, 0.3) is 0 Å². The molecule has 2 rings (SSSR count). The summed E-state index contributed by atoms with van der Waals surface area (Å²) in [5, 5.41) is 0. The monoisotopic (exact) mass is 259 g/mol. The number of likely N-dealkylation sites (tertiary alicyclic amines) is 1. The van der Waals surface area contributed by atoms with Crippen LogP contribution < -0.4 is 0 Å². The predicted molar refractivity (Wildman–Crippen MR) is 75.6 cm³/mol. The fourth-order valence-electron chi connectivity index (χ4n) is 2.35. The van der Waals surface area contributed by atoms with Gasteiger partial charge in [0.1, 0.15) is 6.10 Å². The lowest BCUT2D eigenvalue weighted by Gasteiger charge is -2.32. The quantitative estimate of drug-likeness (QED) is 0.615. The number of carbonyl (C=O) groups is 1. The second-order valence-electron chi connectivity index (χ2n) is 5.17. The van der Waals surface area contributed by atoms with Crippen molar-refractivity contribution in [2.45, 2.75) is 32.4 Å². The highest BCUT2D eigenvalue weighted by Crippen LogP contribution is 2.16. The molecule has 0 amide bonds. The summed E-state index contributed by atoms with van der Waals surface area (Å²) in [6, 6.07) is 10.4. The molecule has 1 fully saturated rings. The first kappa shape index (κ1) is 13.8. The van der Waals surface area contributed by atoms with Crippen LogP contribution in [0.5, 0.6) is 0 Å². The highest BCUT2D eigenvalue weighted by molar-refractivity contribution is 5.87. The van der Waals surface area contributed by atoms with Gasteiger partial charge in [0.25, 0.3) is 0 Å². The summed E-state index contributed by atoms with van der Waals surface area (Å²) < 4.78 is 5.44. The third-order valence-corrected chi connectivity index (χ3v) is 3.33. The maximum Gasteiger partial charge on any atom is 0.333 e. The molecule has 102 valence electrons. The van der Waals surface area contributed by atoms with Gasteiger partial charge < -0.3 is 4.74 Å². The van der Waals surface area contributed by atoms with E-state index < -0.39 is 0 Å². The second kappa shape index (κ2) is 6.53. The number of nitrogens with zero attached hydrogens (tertiary/aromatic N) is 1. The lowest BCUT2D eigenvalue weighted by atomic mass is 10.1. The first-order chi connectivity index (χ1) is 9.15. The van der Waals surface area contributed by atoms with Gasteiger partial charge in [0, 0.05) is 18.7 Å². The minimum atomic E-state index is -0.272. The molecular formula is C16H21NO2. The molecule has 3 nitrogen and oxygen atoms in total. The van der Waals surface area contributed by atoms with E-state index in [1.165, 1.54) is 5.56 Å². The Bertz CT molecular complexity index is 441. The van der Waals surface area contributed by atoms with E-state index in [1.807, 2.05) is 6.07 Å². The van der Waals surface area contributed by atoms with Gasteiger partial charge in [0.2, 0.25) is 0 Å². The number of piperidine rings is 1. The van der Waals surface area contributed by atoms with E-state index in [0.29, 0.717) is 5.57 Å². The van der Waals surface area contributed by atoms with Crippen molar-refractivity contribution in [3.05, 3.63) is 48.0 Å². The molecule has 1 aliphatic heterocycles. The van der Waals surface area contributed by atoms with Crippen LogP contribution in [0.4, 0.5) is 0 Å². The van der Waals surface area contributed by atoms with E-state index in [4.69, 9.17) is 4.74 Å². The number of hydrogen-bond acceptors (Lipinski definition) is 3. The van der Waals surface area contributed by atoms with E-state index in [1.54, 1.807) is 6.92 Å². The molecule has 0 radical (unpaired) electrons. The molecular weight excluding hydrogens is 238 g/mol. The van der Waals surface area contributed by atoms with Gasteiger partial charge in [-0.25, -0.2) is 4.79 Å². The molecule has 0 aliphatic carbocycles. The van der Waals surface area contributed by atoms with Crippen molar-refractivity contribution in [3.8, 4) is 0 Å². The van der Waals surface area contributed by atoms with Crippen LogP contribution in [0, 0.1) is 0 Å². The highest BCUT2D eigenvalue weighted by Gasteiger charge is 2.23. The van der Waals surface area contributed by atoms with Gasteiger partial charge >= 0.3 is 5.97 Å². The molecule has 0 bridgehead atoms. The first-order valence-electron chi connectivity index (χ1n) is 6.78. The summed E-state index contributed by atoms with van der Waals surface area (Å²) >= 11 is 0. The third-order valence-electron chi connectivity index (χ3n) is 3.33. The number of hydrogen-bond donors (Lipinski definition) is 0. The average molecular weight is 259 g/mol. The fraction of sp³-hybridized carbons (Fsp3) is 0.438. The van der Waals surface area contributed by atoms with E-state index in [-0.39, 0.29) is 12.1 Å². The van der Waals surface area contributed by atoms with Gasteiger partial charge in [-0.1, -0.05) is 36.9 Å². The van der Waals surface area contributed by atoms with Crippen LogP contribution in [0.2, 0.25) is 0 Å². The molecule has 1 atom stereocenters. The molecule has 0 N–H and O–H groups in total. The molecule has 1 aliphatic rings. The minimum absolute atomic E-state index is 0.00154. The molecule has 1 saturated heterocycles. The van der Waals surface area contributed by atoms with Gasteiger partial charge in [-0.2, -0.15) is 0 Å². The Kier molecular flexibility index (Phi) is 4.74. The van der Waals surface area contributed by atoms with E-state index >= 15 is 0 Å². The highest BCUT2D eigenvalue weighted by atomic mass is 16.5. The zero-order valence-electron chi connectivity index (χ0n) is 11.5. The van der Waals surface area contributed by atoms with Crippen LogP contribution in [-0.4, -0.2) is 30.1 Å². The molecule has 0 spiro atoms. The Labute approximate surface area is 114 Å². The predicted octanol–water partition coefficient (Wildman–Crippen LogP) is 2.77. The molecule has 19 heavy (non-hydrogen) atoms. The van der Waals surface area contributed by atoms with Crippen LogP contribution in [0.15, 0.2) is 42.5 Å². The van der Waals surface area contributed by atoms with E-state index in [2.05, 4.69) is 35.7 Å². The largest absolute Gasteiger partial charge is 0.458 e. The fourth-order valence-corrected chi connectivity index (χ4v) is 2.35. The normalized spacial score (nSPS) is 19.9. The van der Waals surface area contributed by atoms with Crippen LogP contribution in [0.3, 0.4) is 0 Å². The molecule has 3 heteroatoms. The van der Waals surface area contributed by atoms with Gasteiger partial charge in [0.15, 0.2) is 0 Å². The Morgan fingerprint density at radius 3 is 2.84 bits per heavy atom. The van der Waals surface area contributed by atoms with E-state index in [9.17, 15) is 4.79 Å². The van der Waals surface area contributed by atoms with Gasteiger partial charge in [-0.3, -0.25) is 4.90 Å². The van der Waals surface area contributed by atoms with Crippen molar-refractivity contribution in [2.75, 3.05) is 13.1 Å². The number of benzene rings is 1. The summed E-state index contributed by atoms with van der Waals surface area (Å²) in [4.78, 5) is 13.9. The molecule has 1 aromatic carbocycles. The van der Waals surface area contributed by atoms with Crippen molar-refractivity contribution in [1.82, 2.24) is 4.90 Å². The molecule has 0 unspecified atom stereocenters. The van der Waals surface area contributed by atoms with Crippen molar-refractivity contribution in [3.63, 3.8) is 0 Å². The van der Waals surface area contributed by atoms with Crippen LogP contribution in [-0.2, 0) is 16.1 Å². The van der Waals surface area contributed by atoms with Gasteiger partial charge in [0.05, 0.1) is 0 Å². The van der Waals surface area contributed by atoms with Crippen molar-refractivity contribution >= 4 is 5.97 Å². The Morgan fingerprint density at radius 2 is 2.16 bits per heavy atom. The Hall–Kier alpha value is -1.61. The average Bonchev–Trinajstić information content (AvgIpc) is 2.40. The van der Waals surface area contributed by atoms with Gasteiger partial charge in [-0.05, 0) is 31.9 Å². The molecule has 1 heterocycles. The van der Waals surface area contributed by atoms with Crippen molar-refractivity contribution in [1.29, 1.82) is 0 Å².